The molecule has 2 aromatic rings. The van der Waals surface area contributed by atoms with Crippen LogP contribution in [0.5, 0.6) is 0 Å². The van der Waals surface area contributed by atoms with Gasteiger partial charge in [0.1, 0.15) is 11.2 Å². The highest BCUT2D eigenvalue weighted by Crippen LogP contribution is 2.49. The molecule has 2 fully saturated rings. The molecule has 0 saturated heterocycles. The number of carboxylic acid groups (broad SMARTS) is 1. The summed E-state index contributed by atoms with van der Waals surface area (Å²) in [6.07, 6.45) is 11.4. The van der Waals surface area contributed by atoms with Gasteiger partial charge in [0.25, 0.3) is 0 Å². The number of carbonyl (C=O) groups excluding carboxylic acids is 3. The monoisotopic (exact) mass is 554 g/mol. The van der Waals surface area contributed by atoms with Crippen LogP contribution in [0, 0.1) is 11.8 Å². The molecule has 0 bridgehead atoms. The zero-order valence-electron chi connectivity index (χ0n) is 21.2. The highest BCUT2D eigenvalue weighted by atomic mass is 16.6. The van der Waals surface area contributed by atoms with Crippen molar-refractivity contribution >= 4 is 23.9 Å². The summed E-state index contributed by atoms with van der Waals surface area (Å²) in [4.78, 5) is 54.6. The number of carbonyl (C=O) groups is 4. The molecule has 2 saturated carbocycles. The van der Waals surface area contributed by atoms with Crippen molar-refractivity contribution in [2.75, 3.05) is 6.61 Å². The molecule has 40 heavy (non-hydrogen) atoms. The number of hydrogen-bond acceptors (Lipinski definition) is 9. The van der Waals surface area contributed by atoms with E-state index in [0.29, 0.717) is 69.1 Å². The maximum Gasteiger partial charge on any atom is 0.339 e. The van der Waals surface area contributed by atoms with Crippen LogP contribution < -0.4 is 0 Å². The van der Waals surface area contributed by atoms with Crippen molar-refractivity contribution < 1.29 is 38.5 Å². The Labute approximate surface area is 234 Å². The lowest BCUT2D eigenvalue weighted by molar-refractivity contribution is -0.151. The molecule has 2 spiro atoms. The Morgan fingerprint density at radius 2 is 1.27 bits per heavy atom. The van der Waals surface area contributed by atoms with Crippen molar-refractivity contribution in [3.63, 3.8) is 0 Å². The van der Waals surface area contributed by atoms with Gasteiger partial charge in [-0.25, -0.2) is 9.59 Å². The molecule has 2 aliphatic heterocycles. The van der Waals surface area contributed by atoms with Gasteiger partial charge in [0.15, 0.2) is 0 Å². The van der Waals surface area contributed by atoms with Gasteiger partial charge in [0, 0.05) is 35.9 Å². The predicted octanol–water partition coefficient (Wildman–Crippen LogP) is 5.19. The predicted molar refractivity (Wildman–Crippen MR) is 144 cm³/mol. The number of carboxylic acids is 1. The van der Waals surface area contributed by atoms with Crippen LogP contribution in [0.2, 0.25) is 0 Å². The van der Waals surface area contributed by atoms with Crippen LogP contribution in [-0.2, 0) is 35.0 Å². The third-order valence-electron chi connectivity index (χ3n) is 8.20. The van der Waals surface area contributed by atoms with Crippen LogP contribution in [-0.4, -0.2) is 45.6 Å². The number of rotatable bonds is 3. The summed E-state index contributed by atoms with van der Waals surface area (Å²) < 4.78 is 16.2. The summed E-state index contributed by atoms with van der Waals surface area (Å²) in [5, 5.41) is 9.00. The summed E-state index contributed by atoms with van der Waals surface area (Å²) in [7, 11) is 0. The van der Waals surface area contributed by atoms with Crippen molar-refractivity contribution in [1.82, 2.24) is 9.97 Å². The van der Waals surface area contributed by atoms with Crippen LogP contribution in [0.1, 0.15) is 105 Å². The number of aliphatic carboxylic acids is 1. The van der Waals surface area contributed by atoms with Crippen LogP contribution in [0.15, 0.2) is 36.9 Å². The Morgan fingerprint density at radius 1 is 0.850 bits per heavy atom. The second-order valence-corrected chi connectivity index (χ2v) is 10.2. The van der Waals surface area contributed by atoms with Crippen molar-refractivity contribution in [3.05, 3.63) is 59.2 Å². The maximum atomic E-state index is 11.9. The molecular weight excluding hydrogens is 516 g/mol. The minimum atomic E-state index is -0.763. The first-order valence-electron chi connectivity index (χ1n) is 13.0. The number of ether oxygens (including phenoxy) is 3. The first-order valence-corrected chi connectivity index (χ1v) is 13.0. The van der Waals surface area contributed by atoms with Gasteiger partial charge in [-0.15, -0.1) is 0 Å². The van der Waals surface area contributed by atoms with Crippen LogP contribution >= 0.6 is 0 Å². The summed E-state index contributed by atoms with van der Waals surface area (Å²) >= 11 is 0. The van der Waals surface area contributed by atoms with Crippen molar-refractivity contribution in [2.45, 2.75) is 84.3 Å². The number of hydrogen-bond donors (Lipinski definition) is 1. The Balaban J connectivity index is 0.000000211. The SMILES string of the molecule is C.C.CCOC(=O)C1CCC2(CC1)OC(=O)c1ccncc12.O=C1OC2(CCC(C(=O)O)CC2)c2cnccc21. The Bertz CT molecular complexity index is 1260. The van der Waals surface area contributed by atoms with Gasteiger partial charge in [-0.05, 0) is 70.4 Å². The van der Waals surface area contributed by atoms with Gasteiger partial charge in [0.2, 0.25) is 0 Å². The summed E-state index contributed by atoms with van der Waals surface area (Å²) in [6, 6.07) is 3.36. The molecule has 1 N–H and O–H groups in total. The largest absolute Gasteiger partial charge is 0.481 e. The molecule has 0 unspecified atom stereocenters. The van der Waals surface area contributed by atoms with E-state index in [4.69, 9.17) is 19.3 Å². The van der Waals surface area contributed by atoms with E-state index < -0.39 is 17.2 Å². The number of aromatic nitrogens is 2. The van der Waals surface area contributed by atoms with Crippen LogP contribution in [0.25, 0.3) is 0 Å². The smallest absolute Gasteiger partial charge is 0.339 e. The van der Waals surface area contributed by atoms with Crippen LogP contribution in [0.4, 0.5) is 0 Å². The molecular formula is C30H38N2O8. The van der Waals surface area contributed by atoms with Crippen molar-refractivity contribution in [3.8, 4) is 0 Å². The maximum absolute atomic E-state index is 11.9. The average molecular weight is 555 g/mol. The lowest BCUT2D eigenvalue weighted by Gasteiger charge is -2.35. The van der Waals surface area contributed by atoms with Gasteiger partial charge < -0.3 is 19.3 Å². The fraction of sp³-hybridized carbons (Fsp3) is 0.533. The second-order valence-electron chi connectivity index (χ2n) is 10.2. The fourth-order valence-electron chi connectivity index (χ4n) is 6.10. The van der Waals surface area contributed by atoms with Gasteiger partial charge in [-0.1, -0.05) is 14.9 Å². The molecule has 4 aliphatic rings. The fourth-order valence-corrected chi connectivity index (χ4v) is 6.10. The molecule has 2 aromatic heterocycles. The molecule has 0 aromatic carbocycles. The lowest BCUT2D eigenvalue weighted by Crippen LogP contribution is -2.34. The zero-order chi connectivity index (χ0) is 26.9. The zero-order valence-corrected chi connectivity index (χ0v) is 21.2. The average Bonchev–Trinajstić information content (AvgIpc) is 3.36. The standard InChI is InChI=1S/C15H17NO4.C13H13NO4.2CH4/c1-2-19-13(17)10-3-6-15(7-4-10)12-9-16-8-5-11(12)14(18)20-15;15-11(16)8-1-4-13(5-2-8)10-7-14-6-3-9(10)12(17)18-13;;/h5,8-10H,2-4,6-7H2,1H3;3,6-8H,1-2,4-5H2,(H,15,16);2*1H4. The van der Waals surface area contributed by atoms with E-state index >= 15 is 0 Å². The van der Waals surface area contributed by atoms with Crippen molar-refractivity contribution in [2.24, 2.45) is 11.8 Å². The van der Waals surface area contributed by atoms with Gasteiger partial charge in [-0.3, -0.25) is 19.6 Å². The van der Waals surface area contributed by atoms with E-state index in [1.54, 1.807) is 36.9 Å². The molecule has 0 amide bonds. The van der Waals surface area contributed by atoms with Crippen molar-refractivity contribution in [1.29, 1.82) is 0 Å². The van der Waals surface area contributed by atoms with Gasteiger partial charge in [0.05, 0.1) is 29.6 Å². The number of pyridine rings is 2. The molecule has 4 heterocycles. The minimum absolute atomic E-state index is 0. The topological polar surface area (TPSA) is 142 Å². The quantitative estimate of drug-likeness (QED) is 0.397. The molecule has 6 rings (SSSR count). The van der Waals surface area contributed by atoms with E-state index in [1.807, 2.05) is 6.92 Å². The van der Waals surface area contributed by atoms with Gasteiger partial charge >= 0.3 is 23.9 Å². The third kappa shape index (κ3) is 5.44. The highest BCUT2D eigenvalue weighted by Gasteiger charge is 2.50. The van der Waals surface area contributed by atoms with E-state index in [0.717, 1.165) is 11.1 Å². The number of fused-ring (bicyclic) bond motifs is 4. The number of esters is 3. The lowest BCUT2D eigenvalue weighted by atomic mass is 9.75. The van der Waals surface area contributed by atoms with E-state index in [9.17, 15) is 19.2 Å². The Hall–Kier alpha value is -3.82. The molecule has 0 radical (unpaired) electrons. The third-order valence-corrected chi connectivity index (χ3v) is 8.20. The second kappa shape index (κ2) is 12.1. The first kappa shape index (κ1) is 30.7. The normalized spacial score (nSPS) is 27.5. The first-order chi connectivity index (χ1) is 18.3. The molecule has 216 valence electrons. The van der Waals surface area contributed by atoms with E-state index in [1.165, 1.54) is 0 Å². The molecule has 10 heteroatoms. The Morgan fingerprint density at radius 3 is 1.68 bits per heavy atom. The summed E-state index contributed by atoms with van der Waals surface area (Å²) in [5.74, 6) is -1.91. The molecule has 0 atom stereocenters. The Kier molecular flexibility index (Phi) is 9.32. The van der Waals surface area contributed by atoms with Crippen LogP contribution in [0.3, 0.4) is 0 Å². The summed E-state index contributed by atoms with van der Waals surface area (Å²) in [6.45, 7) is 2.21. The van der Waals surface area contributed by atoms with E-state index in [-0.39, 0.29) is 44.6 Å². The van der Waals surface area contributed by atoms with E-state index in [2.05, 4.69) is 9.97 Å². The van der Waals surface area contributed by atoms with Gasteiger partial charge in [-0.2, -0.15) is 0 Å². The number of nitrogens with zero attached hydrogens (tertiary/aromatic N) is 2. The molecule has 2 aliphatic carbocycles. The molecule has 10 nitrogen and oxygen atoms in total. The summed E-state index contributed by atoms with van der Waals surface area (Å²) in [5.41, 5.74) is 1.65. The highest BCUT2D eigenvalue weighted by molar-refractivity contribution is 5.95. The minimum Gasteiger partial charge on any atom is -0.481 e.